The fraction of sp³-hybridized carbons (Fsp3) is 0.200. The quantitative estimate of drug-likeness (QED) is 0.332. The minimum absolute atomic E-state index is 0.208. The first-order valence-corrected chi connectivity index (χ1v) is 5.83. The van der Waals surface area contributed by atoms with Crippen molar-refractivity contribution in [2.24, 2.45) is 12.0 Å². The standard InChI is InChI=1S/C10H10N4O2S/c1-14-6-9(16-13-14)12-8(15)7-17-10-4-2-3-5-11-10/h2-6H,7H2,1H3. The van der Waals surface area contributed by atoms with E-state index >= 15 is 0 Å². The van der Waals surface area contributed by atoms with Gasteiger partial charge >= 0.3 is 5.88 Å². The Kier molecular flexibility index (Phi) is 3.71. The monoisotopic (exact) mass is 250 g/mol. The summed E-state index contributed by atoms with van der Waals surface area (Å²) in [4.78, 5) is 7.85. The first-order chi connectivity index (χ1) is 8.24. The summed E-state index contributed by atoms with van der Waals surface area (Å²) in [6.07, 6.45) is 3.21. The normalized spacial score (nSPS) is 11.7. The molecule has 2 rings (SSSR count). The molecule has 0 spiro atoms. The second-order valence-electron chi connectivity index (χ2n) is 3.18. The van der Waals surface area contributed by atoms with Gasteiger partial charge in [-0.2, -0.15) is 0 Å². The summed E-state index contributed by atoms with van der Waals surface area (Å²) < 4.78 is 6.23. The van der Waals surface area contributed by atoms with Crippen molar-refractivity contribution < 1.29 is 14.3 Å². The molecular formula is C10H10N4O2S. The van der Waals surface area contributed by atoms with Gasteiger partial charge < -0.3 is 5.11 Å². The SMILES string of the molecule is C[n+]1cc(/N=C(\[O-])CSc2ccccn2)on1. The van der Waals surface area contributed by atoms with Crippen molar-refractivity contribution in [1.29, 1.82) is 0 Å². The molecule has 0 N–H and O–H groups in total. The Morgan fingerprint density at radius 2 is 2.47 bits per heavy atom. The largest absolute Gasteiger partial charge is 0.861 e. The summed E-state index contributed by atoms with van der Waals surface area (Å²) >= 11 is 1.33. The van der Waals surface area contributed by atoms with E-state index in [1.54, 1.807) is 13.2 Å². The lowest BCUT2D eigenvalue weighted by atomic mass is 10.5. The predicted octanol–water partition coefficient (Wildman–Crippen LogP) is 0.0767. The number of rotatable bonds is 4. The molecule has 0 aliphatic carbocycles. The van der Waals surface area contributed by atoms with E-state index in [-0.39, 0.29) is 17.5 Å². The molecule has 0 aromatic carbocycles. The Balaban J connectivity index is 1.93. The molecular weight excluding hydrogens is 240 g/mol. The molecule has 0 saturated carbocycles. The van der Waals surface area contributed by atoms with Crippen LogP contribution in [0.4, 0.5) is 5.88 Å². The molecule has 0 fully saturated rings. The molecule has 0 aliphatic heterocycles. The Labute approximate surface area is 102 Å². The van der Waals surface area contributed by atoms with Crippen molar-refractivity contribution in [1.82, 2.24) is 10.3 Å². The van der Waals surface area contributed by atoms with Crippen LogP contribution in [0.3, 0.4) is 0 Å². The highest BCUT2D eigenvalue weighted by Crippen LogP contribution is 2.14. The molecule has 0 unspecified atom stereocenters. The fourth-order valence-corrected chi connectivity index (χ4v) is 1.73. The van der Waals surface area contributed by atoms with Crippen LogP contribution in [0.5, 0.6) is 0 Å². The number of aryl methyl sites for hydroxylation is 1. The highest BCUT2D eigenvalue weighted by atomic mass is 32.2. The van der Waals surface area contributed by atoms with Gasteiger partial charge in [-0.25, -0.2) is 9.98 Å². The van der Waals surface area contributed by atoms with Gasteiger partial charge in [-0.05, 0) is 18.0 Å². The Hall–Kier alpha value is -1.89. The molecule has 17 heavy (non-hydrogen) atoms. The van der Waals surface area contributed by atoms with Crippen LogP contribution in [-0.4, -0.2) is 21.9 Å². The number of hydrogen-bond acceptors (Lipinski definition) is 6. The van der Waals surface area contributed by atoms with Crippen molar-refractivity contribution in [3.8, 4) is 0 Å². The van der Waals surface area contributed by atoms with Crippen molar-refractivity contribution in [2.75, 3.05) is 5.75 Å². The maximum atomic E-state index is 11.5. The van der Waals surface area contributed by atoms with E-state index in [2.05, 4.69) is 15.2 Å². The van der Waals surface area contributed by atoms with Crippen LogP contribution in [0.25, 0.3) is 0 Å². The van der Waals surface area contributed by atoms with Gasteiger partial charge in [-0.3, -0.25) is 4.52 Å². The third-order valence-electron chi connectivity index (χ3n) is 1.78. The molecule has 0 radical (unpaired) electrons. The van der Waals surface area contributed by atoms with Crippen LogP contribution in [0, 0.1) is 0 Å². The van der Waals surface area contributed by atoms with Gasteiger partial charge in [0.15, 0.2) is 12.3 Å². The second-order valence-corrected chi connectivity index (χ2v) is 4.17. The summed E-state index contributed by atoms with van der Waals surface area (Å²) in [5, 5.41) is 15.8. The molecule has 2 heterocycles. The van der Waals surface area contributed by atoms with Crippen molar-refractivity contribution in [3.05, 3.63) is 30.6 Å². The van der Waals surface area contributed by atoms with E-state index in [0.29, 0.717) is 0 Å². The van der Waals surface area contributed by atoms with Crippen LogP contribution in [0.2, 0.25) is 0 Å². The Morgan fingerprint density at radius 1 is 1.59 bits per heavy atom. The number of hydrogen-bond donors (Lipinski definition) is 0. The maximum absolute atomic E-state index is 11.5. The van der Waals surface area contributed by atoms with Crippen molar-refractivity contribution in [2.45, 2.75) is 5.03 Å². The van der Waals surface area contributed by atoms with Gasteiger partial charge in [-0.1, -0.05) is 10.7 Å². The molecule has 2 aromatic rings. The Morgan fingerprint density at radius 3 is 3.12 bits per heavy atom. The zero-order chi connectivity index (χ0) is 12.1. The summed E-state index contributed by atoms with van der Waals surface area (Å²) in [5.74, 6) is 0.151. The zero-order valence-corrected chi connectivity index (χ0v) is 9.92. The van der Waals surface area contributed by atoms with Crippen molar-refractivity contribution >= 4 is 23.5 Å². The van der Waals surface area contributed by atoms with E-state index in [1.165, 1.54) is 22.6 Å². The highest BCUT2D eigenvalue weighted by molar-refractivity contribution is 7.99. The summed E-state index contributed by atoms with van der Waals surface area (Å²) in [6, 6.07) is 5.53. The molecule has 0 saturated heterocycles. The minimum atomic E-state index is -0.280. The van der Waals surface area contributed by atoms with Crippen LogP contribution in [0.1, 0.15) is 0 Å². The van der Waals surface area contributed by atoms with Crippen LogP contribution in [-0.2, 0) is 7.05 Å². The van der Waals surface area contributed by atoms with Gasteiger partial charge in [-0.15, -0.1) is 11.8 Å². The lowest BCUT2D eigenvalue weighted by molar-refractivity contribution is -0.739. The number of aromatic nitrogens is 3. The smallest absolute Gasteiger partial charge is 0.320 e. The Bertz CT molecular complexity index is 512. The maximum Gasteiger partial charge on any atom is 0.320 e. The number of aliphatic imine (C=N–C) groups is 1. The highest BCUT2D eigenvalue weighted by Gasteiger charge is 2.03. The topological polar surface area (TPSA) is 78.2 Å². The molecule has 7 heteroatoms. The van der Waals surface area contributed by atoms with E-state index in [4.69, 9.17) is 4.52 Å². The van der Waals surface area contributed by atoms with E-state index in [1.807, 2.05) is 18.2 Å². The molecule has 2 aromatic heterocycles. The molecule has 0 amide bonds. The zero-order valence-electron chi connectivity index (χ0n) is 9.11. The molecule has 6 nitrogen and oxygen atoms in total. The molecule has 0 atom stereocenters. The predicted molar refractivity (Wildman–Crippen MR) is 59.7 cm³/mol. The summed E-state index contributed by atoms with van der Waals surface area (Å²) in [5.41, 5.74) is 0. The van der Waals surface area contributed by atoms with Crippen LogP contribution >= 0.6 is 11.8 Å². The van der Waals surface area contributed by atoms with Crippen LogP contribution < -0.4 is 9.79 Å². The van der Waals surface area contributed by atoms with Gasteiger partial charge in [0.2, 0.25) is 0 Å². The van der Waals surface area contributed by atoms with Crippen LogP contribution in [0.15, 0.2) is 45.1 Å². The molecule has 88 valence electrons. The van der Waals surface area contributed by atoms with E-state index in [0.717, 1.165) is 5.03 Å². The van der Waals surface area contributed by atoms with E-state index in [9.17, 15) is 5.11 Å². The summed E-state index contributed by atoms with van der Waals surface area (Å²) in [7, 11) is 1.69. The lowest BCUT2D eigenvalue weighted by Crippen LogP contribution is -2.27. The second kappa shape index (κ2) is 5.44. The third kappa shape index (κ3) is 3.56. The number of nitrogens with zero attached hydrogens (tertiary/aromatic N) is 4. The first kappa shape index (κ1) is 11.6. The third-order valence-corrected chi connectivity index (χ3v) is 2.71. The molecule has 0 bridgehead atoms. The average Bonchev–Trinajstić information content (AvgIpc) is 2.73. The van der Waals surface area contributed by atoms with Gasteiger partial charge in [0, 0.05) is 11.9 Å². The van der Waals surface area contributed by atoms with Gasteiger partial charge in [0.05, 0.1) is 5.03 Å². The average molecular weight is 250 g/mol. The number of thioether (sulfide) groups is 1. The summed E-state index contributed by atoms with van der Waals surface area (Å²) in [6.45, 7) is 0. The fourth-order valence-electron chi connectivity index (χ4n) is 1.09. The lowest BCUT2D eigenvalue weighted by Gasteiger charge is -2.07. The minimum Gasteiger partial charge on any atom is -0.861 e. The van der Waals surface area contributed by atoms with E-state index < -0.39 is 0 Å². The van der Waals surface area contributed by atoms with Gasteiger partial charge in [0.25, 0.3) is 6.20 Å². The molecule has 0 aliphatic rings. The van der Waals surface area contributed by atoms with Crippen molar-refractivity contribution in [3.63, 3.8) is 0 Å². The first-order valence-electron chi connectivity index (χ1n) is 4.85. The van der Waals surface area contributed by atoms with Gasteiger partial charge in [0.1, 0.15) is 0 Å². The number of pyridine rings is 1.